The molecule has 1 N–H and O–H groups in total. The van der Waals surface area contributed by atoms with Crippen molar-refractivity contribution in [3.63, 3.8) is 0 Å². The molecule has 2 nitrogen and oxygen atoms in total. The van der Waals surface area contributed by atoms with Gasteiger partial charge in [0.1, 0.15) is 4.64 Å². The number of aromatic nitrogens is 1. The Kier molecular flexibility index (Phi) is 2.54. The maximum Gasteiger partial charge on any atom is 0.129 e. The standard InChI is InChI=1S/C8H10N2S/c1-3-9-7-4-6(2)5-10-8(7)11/h3-5H,1-2H3,(H,10,11). The first-order valence-electron chi connectivity index (χ1n) is 3.42. The normalized spacial score (nSPS) is 10.7. The number of aryl methyl sites for hydroxylation is 1. The first-order valence-corrected chi connectivity index (χ1v) is 3.83. The first-order chi connectivity index (χ1) is 5.24. The molecule has 0 atom stereocenters. The Balaban J connectivity index is 3.23. The second-order valence-electron chi connectivity index (χ2n) is 2.28. The van der Waals surface area contributed by atoms with Gasteiger partial charge in [0.25, 0.3) is 0 Å². The van der Waals surface area contributed by atoms with Crippen LogP contribution in [0.1, 0.15) is 12.5 Å². The fourth-order valence-corrected chi connectivity index (χ4v) is 0.982. The largest absolute Gasteiger partial charge is 0.351 e. The van der Waals surface area contributed by atoms with Crippen LogP contribution < -0.4 is 0 Å². The second kappa shape index (κ2) is 3.44. The van der Waals surface area contributed by atoms with Crippen LogP contribution in [-0.4, -0.2) is 11.2 Å². The van der Waals surface area contributed by atoms with Gasteiger partial charge in [0.15, 0.2) is 0 Å². The van der Waals surface area contributed by atoms with Crippen LogP contribution in [0.15, 0.2) is 17.3 Å². The quantitative estimate of drug-likeness (QED) is 0.504. The maximum atomic E-state index is 5.01. The van der Waals surface area contributed by atoms with Gasteiger partial charge in [0.2, 0.25) is 0 Å². The van der Waals surface area contributed by atoms with E-state index in [-0.39, 0.29) is 0 Å². The van der Waals surface area contributed by atoms with Crippen molar-refractivity contribution in [2.24, 2.45) is 4.99 Å². The van der Waals surface area contributed by atoms with Crippen LogP contribution in [0.2, 0.25) is 0 Å². The van der Waals surface area contributed by atoms with Crippen LogP contribution in [-0.2, 0) is 0 Å². The van der Waals surface area contributed by atoms with E-state index in [2.05, 4.69) is 9.98 Å². The van der Waals surface area contributed by atoms with Crippen LogP contribution in [0.4, 0.5) is 5.69 Å². The molecule has 58 valence electrons. The van der Waals surface area contributed by atoms with E-state index in [0.717, 1.165) is 11.3 Å². The molecule has 0 bridgehead atoms. The van der Waals surface area contributed by atoms with E-state index in [1.54, 1.807) is 6.21 Å². The van der Waals surface area contributed by atoms with Gasteiger partial charge in [0.05, 0.1) is 5.69 Å². The number of hydrogen-bond acceptors (Lipinski definition) is 2. The Labute approximate surface area is 71.0 Å². The molecule has 0 aromatic carbocycles. The number of rotatable bonds is 1. The molecule has 0 amide bonds. The minimum absolute atomic E-state index is 0.689. The molecule has 3 heteroatoms. The summed E-state index contributed by atoms with van der Waals surface area (Å²) in [5, 5.41) is 0. The van der Waals surface area contributed by atoms with Crippen LogP contribution in [0.5, 0.6) is 0 Å². The van der Waals surface area contributed by atoms with Gasteiger partial charge in [-0.2, -0.15) is 0 Å². The molecule has 0 fully saturated rings. The smallest absolute Gasteiger partial charge is 0.129 e. The van der Waals surface area contributed by atoms with Gasteiger partial charge < -0.3 is 4.98 Å². The van der Waals surface area contributed by atoms with Crippen molar-refractivity contribution in [3.05, 3.63) is 22.5 Å². The van der Waals surface area contributed by atoms with Crippen molar-refractivity contribution in [1.29, 1.82) is 0 Å². The summed E-state index contributed by atoms with van der Waals surface area (Å²) in [6.45, 7) is 3.87. The average molecular weight is 166 g/mol. The molecular weight excluding hydrogens is 156 g/mol. The highest BCUT2D eigenvalue weighted by molar-refractivity contribution is 7.71. The molecule has 0 spiro atoms. The SMILES string of the molecule is CC=Nc1cc(C)c[nH]c1=S. The molecule has 1 rings (SSSR count). The van der Waals surface area contributed by atoms with Crippen LogP contribution >= 0.6 is 12.2 Å². The highest BCUT2D eigenvalue weighted by Crippen LogP contribution is 2.12. The lowest BCUT2D eigenvalue weighted by molar-refractivity contribution is 1.23. The number of H-pyrrole nitrogens is 1. The molecule has 0 radical (unpaired) electrons. The minimum Gasteiger partial charge on any atom is -0.351 e. The van der Waals surface area contributed by atoms with Crippen LogP contribution in [0.25, 0.3) is 0 Å². The molecular formula is C8H10N2S. The van der Waals surface area contributed by atoms with Crippen LogP contribution in [0.3, 0.4) is 0 Å². The van der Waals surface area contributed by atoms with Gasteiger partial charge in [0, 0.05) is 12.4 Å². The topological polar surface area (TPSA) is 28.1 Å². The maximum absolute atomic E-state index is 5.01. The number of aromatic amines is 1. The van der Waals surface area contributed by atoms with Gasteiger partial charge >= 0.3 is 0 Å². The zero-order chi connectivity index (χ0) is 8.27. The van der Waals surface area contributed by atoms with Crippen molar-refractivity contribution in [2.75, 3.05) is 0 Å². The highest BCUT2D eigenvalue weighted by atomic mass is 32.1. The fourth-order valence-electron chi connectivity index (χ4n) is 0.811. The third-order valence-corrected chi connectivity index (χ3v) is 1.62. The van der Waals surface area contributed by atoms with E-state index in [1.807, 2.05) is 26.1 Å². The van der Waals surface area contributed by atoms with Gasteiger partial charge in [-0.3, -0.25) is 4.99 Å². The lowest BCUT2D eigenvalue weighted by atomic mass is 10.3. The predicted molar refractivity (Wildman–Crippen MR) is 50.2 cm³/mol. The van der Waals surface area contributed by atoms with Crippen LogP contribution in [0, 0.1) is 11.6 Å². The molecule has 1 aromatic heterocycles. The van der Waals surface area contributed by atoms with Crippen molar-refractivity contribution < 1.29 is 0 Å². The summed E-state index contributed by atoms with van der Waals surface area (Å²) in [6, 6.07) is 1.96. The number of pyridine rings is 1. The summed E-state index contributed by atoms with van der Waals surface area (Å²) in [5.74, 6) is 0. The van der Waals surface area contributed by atoms with Crippen molar-refractivity contribution in [1.82, 2.24) is 4.98 Å². The Morgan fingerprint density at radius 1 is 1.64 bits per heavy atom. The van der Waals surface area contributed by atoms with Crippen molar-refractivity contribution >= 4 is 24.1 Å². The number of nitrogens with one attached hydrogen (secondary N) is 1. The lowest BCUT2D eigenvalue weighted by Gasteiger charge is -1.94. The molecule has 11 heavy (non-hydrogen) atoms. The zero-order valence-corrected chi connectivity index (χ0v) is 7.40. The molecule has 1 aromatic rings. The summed E-state index contributed by atoms with van der Waals surface area (Å²) in [5.41, 5.74) is 1.97. The van der Waals surface area contributed by atoms with E-state index in [9.17, 15) is 0 Å². The third kappa shape index (κ3) is 1.98. The van der Waals surface area contributed by atoms with Crippen molar-refractivity contribution in [3.8, 4) is 0 Å². The second-order valence-corrected chi connectivity index (χ2v) is 2.69. The summed E-state index contributed by atoms with van der Waals surface area (Å²) in [7, 11) is 0. The van der Waals surface area contributed by atoms with E-state index in [0.29, 0.717) is 4.64 Å². The lowest BCUT2D eigenvalue weighted by Crippen LogP contribution is -1.78. The molecule has 0 unspecified atom stereocenters. The number of hydrogen-bond donors (Lipinski definition) is 1. The van der Waals surface area contributed by atoms with E-state index >= 15 is 0 Å². The number of aliphatic imine (C=N–C) groups is 1. The monoisotopic (exact) mass is 166 g/mol. The molecule has 1 heterocycles. The molecule has 0 saturated heterocycles. The Hall–Kier alpha value is -0.960. The number of nitrogens with zero attached hydrogens (tertiary/aromatic N) is 1. The summed E-state index contributed by atoms with van der Waals surface area (Å²) >= 11 is 5.01. The fraction of sp³-hybridized carbons (Fsp3) is 0.250. The van der Waals surface area contributed by atoms with Gasteiger partial charge in [-0.05, 0) is 25.5 Å². The Morgan fingerprint density at radius 2 is 2.36 bits per heavy atom. The van der Waals surface area contributed by atoms with E-state index in [1.165, 1.54) is 0 Å². The molecule has 0 aliphatic carbocycles. The molecule has 0 saturated carbocycles. The third-order valence-electron chi connectivity index (χ3n) is 1.30. The predicted octanol–water partition coefficient (Wildman–Crippen LogP) is 2.77. The van der Waals surface area contributed by atoms with Gasteiger partial charge in [-0.1, -0.05) is 12.2 Å². The van der Waals surface area contributed by atoms with Crippen molar-refractivity contribution in [2.45, 2.75) is 13.8 Å². The van der Waals surface area contributed by atoms with E-state index in [4.69, 9.17) is 12.2 Å². The van der Waals surface area contributed by atoms with Gasteiger partial charge in [-0.25, -0.2) is 0 Å². The highest BCUT2D eigenvalue weighted by Gasteiger charge is 1.90. The van der Waals surface area contributed by atoms with Gasteiger partial charge in [-0.15, -0.1) is 0 Å². The van der Waals surface area contributed by atoms with E-state index < -0.39 is 0 Å². The molecule has 0 aliphatic heterocycles. The molecule has 0 aliphatic rings. The summed E-state index contributed by atoms with van der Waals surface area (Å²) in [4.78, 5) is 7.06. The Morgan fingerprint density at radius 3 is 3.00 bits per heavy atom. The Bertz CT molecular complexity index is 325. The first kappa shape index (κ1) is 8.14. The minimum atomic E-state index is 0.689. The summed E-state index contributed by atoms with van der Waals surface area (Å²) in [6.07, 6.45) is 3.61. The average Bonchev–Trinajstić information content (AvgIpc) is 1.98. The summed E-state index contributed by atoms with van der Waals surface area (Å²) < 4.78 is 0.689. The zero-order valence-electron chi connectivity index (χ0n) is 6.59.